The fourth-order valence-corrected chi connectivity index (χ4v) is 3.43. The first-order valence-electron chi connectivity index (χ1n) is 8.34. The first-order valence-corrected chi connectivity index (χ1v) is 8.34. The van der Waals surface area contributed by atoms with Crippen LogP contribution in [-0.4, -0.2) is 0 Å². The SMILES string of the molecule is C[CH]c1c(-c2ccccc2-c2ccccc2)ccc2ccccc12. The molecule has 0 amide bonds. The summed E-state index contributed by atoms with van der Waals surface area (Å²) in [6.07, 6.45) is 2.22. The van der Waals surface area contributed by atoms with Crippen molar-refractivity contribution in [3.05, 3.63) is 103 Å². The number of hydrogen-bond acceptors (Lipinski definition) is 0. The van der Waals surface area contributed by atoms with Gasteiger partial charge in [-0.3, -0.25) is 0 Å². The van der Waals surface area contributed by atoms with E-state index >= 15 is 0 Å². The van der Waals surface area contributed by atoms with Gasteiger partial charge in [-0.2, -0.15) is 0 Å². The minimum absolute atomic E-state index is 1.25. The van der Waals surface area contributed by atoms with Crippen molar-refractivity contribution in [2.24, 2.45) is 0 Å². The lowest BCUT2D eigenvalue weighted by atomic mass is 9.88. The van der Waals surface area contributed by atoms with E-state index in [0.717, 1.165) is 0 Å². The summed E-state index contributed by atoms with van der Waals surface area (Å²) >= 11 is 0. The van der Waals surface area contributed by atoms with Crippen molar-refractivity contribution < 1.29 is 0 Å². The van der Waals surface area contributed by atoms with Crippen LogP contribution in [-0.2, 0) is 0 Å². The summed E-state index contributed by atoms with van der Waals surface area (Å²) in [4.78, 5) is 0. The first-order chi connectivity index (χ1) is 11.9. The summed E-state index contributed by atoms with van der Waals surface area (Å²) in [6.45, 7) is 2.12. The maximum Gasteiger partial charge on any atom is -0.0102 e. The van der Waals surface area contributed by atoms with Crippen molar-refractivity contribution in [3.63, 3.8) is 0 Å². The zero-order valence-corrected chi connectivity index (χ0v) is 13.7. The van der Waals surface area contributed by atoms with E-state index in [2.05, 4.69) is 104 Å². The molecule has 0 spiro atoms. The van der Waals surface area contributed by atoms with Crippen molar-refractivity contribution in [1.29, 1.82) is 0 Å². The molecule has 0 saturated carbocycles. The van der Waals surface area contributed by atoms with Gasteiger partial charge in [0.1, 0.15) is 0 Å². The highest BCUT2D eigenvalue weighted by atomic mass is 14.2. The van der Waals surface area contributed by atoms with Crippen LogP contribution in [0.2, 0.25) is 0 Å². The standard InChI is InChI=1S/C24H19/c1-2-20-21-13-7-6-12-19(21)16-17-24(20)23-15-9-8-14-22(23)18-10-4-3-5-11-18/h2-17H,1H3. The van der Waals surface area contributed by atoms with Gasteiger partial charge in [-0.1, -0.05) is 97.9 Å². The molecule has 0 unspecified atom stereocenters. The molecule has 0 aliphatic carbocycles. The molecule has 4 rings (SSSR count). The third-order valence-corrected chi connectivity index (χ3v) is 4.56. The van der Waals surface area contributed by atoms with E-state index < -0.39 is 0 Å². The summed E-state index contributed by atoms with van der Waals surface area (Å²) in [5.41, 5.74) is 6.40. The molecule has 0 fully saturated rings. The number of benzene rings is 4. The van der Waals surface area contributed by atoms with E-state index in [4.69, 9.17) is 0 Å². The van der Waals surface area contributed by atoms with Gasteiger partial charge in [0.25, 0.3) is 0 Å². The molecule has 0 nitrogen and oxygen atoms in total. The van der Waals surface area contributed by atoms with E-state index in [1.807, 2.05) is 0 Å². The molecule has 0 atom stereocenters. The van der Waals surface area contributed by atoms with Gasteiger partial charge in [0.2, 0.25) is 0 Å². The van der Waals surface area contributed by atoms with E-state index in [1.54, 1.807) is 0 Å². The largest absolute Gasteiger partial charge is 0.0622 e. The number of hydrogen-bond donors (Lipinski definition) is 0. The average Bonchev–Trinajstić information content (AvgIpc) is 2.67. The molecule has 0 heteroatoms. The van der Waals surface area contributed by atoms with Crippen LogP contribution < -0.4 is 0 Å². The van der Waals surface area contributed by atoms with Crippen molar-refractivity contribution in [3.8, 4) is 22.3 Å². The predicted octanol–water partition coefficient (Wildman–Crippen LogP) is 6.75. The van der Waals surface area contributed by atoms with E-state index in [0.29, 0.717) is 0 Å². The molecule has 4 aromatic rings. The maximum atomic E-state index is 2.25. The van der Waals surface area contributed by atoms with Gasteiger partial charge in [0.15, 0.2) is 0 Å². The molecule has 0 aliphatic rings. The summed E-state index contributed by atoms with van der Waals surface area (Å²) in [6, 6.07) is 32.3. The predicted molar refractivity (Wildman–Crippen MR) is 104 cm³/mol. The molecule has 0 saturated heterocycles. The summed E-state index contributed by atoms with van der Waals surface area (Å²) in [7, 11) is 0. The highest BCUT2D eigenvalue weighted by molar-refractivity contribution is 5.96. The topological polar surface area (TPSA) is 0 Å². The van der Waals surface area contributed by atoms with Crippen LogP contribution in [0.1, 0.15) is 12.5 Å². The second-order valence-electron chi connectivity index (χ2n) is 5.95. The minimum Gasteiger partial charge on any atom is -0.0622 e. The Balaban J connectivity index is 1.99. The monoisotopic (exact) mass is 307 g/mol. The quantitative estimate of drug-likeness (QED) is 0.393. The van der Waals surface area contributed by atoms with Crippen LogP contribution in [0.4, 0.5) is 0 Å². The normalized spacial score (nSPS) is 10.9. The van der Waals surface area contributed by atoms with Gasteiger partial charge < -0.3 is 0 Å². The molecule has 0 heterocycles. The van der Waals surface area contributed by atoms with Gasteiger partial charge in [-0.05, 0) is 45.0 Å². The van der Waals surface area contributed by atoms with E-state index in [-0.39, 0.29) is 0 Å². The van der Waals surface area contributed by atoms with Crippen molar-refractivity contribution in [2.45, 2.75) is 6.92 Å². The third kappa shape index (κ3) is 2.51. The summed E-state index contributed by atoms with van der Waals surface area (Å²) in [5.74, 6) is 0. The Hall–Kier alpha value is -2.86. The maximum absolute atomic E-state index is 2.25. The van der Waals surface area contributed by atoms with Gasteiger partial charge in [0.05, 0.1) is 0 Å². The number of rotatable bonds is 3. The van der Waals surface area contributed by atoms with Crippen LogP contribution in [0.25, 0.3) is 33.0 Å². The fourth-order valence-electron chi connectivity index (χ4n) is 3.43. The van der Waals surface area contributed by atoms with Crippen LogP contribution in [0.15, 0.2) is 91.0 Å². The minimum atomic E-state index is 1.25. The van der Waals surface area contributed by atoms with Gasteiger partial charge in [-0.15, -0.1) is 0 Å². The zero-order valence-electron chi connectivity index (χ0n) is 13.7. The van der Waals surface area contributed by atoms with Crippen LogP contribution in [0.5, 0.6) is 0 Å². The Morgan fingerprint density at radius 3 is 2.00 bits per heavy atom. The summed E-state index contributed by atoms with van der Waals surface area (Å²) < 4.78 is 0. The van der Waals surface area contributed by atoms with Crippen molar-refractivity contribution in [2.75, 3.05) is 0 Å². The molecular weight excluding hydrogens is 288 g/mol. The Kier molecular flexibility index (Phi) is 3.88. The molecular formula is C24H19. The highest BCUT2D eigenvalue weighted by Gasteiger charge is 2.12. The fraction of sp³-hybridized carbons (Fsp3) is 0.0417. The van der Waals surface area contributed by atoms with Crippen molar-refractivity contribution >= 4 is 10.8 Å². The molecule has 1 radical (unpaired) electrons. The lowest BCUT2D eigenvalue weighted by molar-refractivity contribution is 1.45. The second-order valence-corrected chi connectivity index (χ2v) is 5.95. The molecule has 0 aromatic heterocycles. The van der Waals surface area contributed by atoms with Crippen LogP contribution in [0, 0.1) is 6.42 Å². The molecule has 4 aromatic carbocycles. The highest BCUT2D eigenvalue weighted by Crippen LogP contribution is 2.37. The lowest BCUT2D eigenvalue weighted by Crippen LogP contribution is -1.91. The third-order valence-electron chi connectivity index (χ3n) is 4.56. The molecule has 115 valence electrons. The first kappa shape index (κ1) is 14.7. The molecule has 0 bridgehead atoms. The van der Waals surface area contributed by atoms with Gasteiger partial charge in [0, 0.05) is 0 Å². The molecule has 0 aliphatic heterocycles. The van der Waals surface area contributed by atoms with E-state index in [9.17, 15) is 0 Å². The summed E-state index contributed by atoms with van der Waals surface area (Å²) in [5, 5.41) is 2.59. The second kappa shape index (κ2) is 6.33. The molecule has 0 N–H and O–H groups in total. The lowest BCUT2D eigenvalue weighted by Gasteiger charge is -2.15. The average molecular weight is 307 g/mol. The van der Waals surface area contributed by atoms with Gasteiger partial charge in [-0.25, -0.2) is 0 Å². The van der Waals surface area contributed by atoms with Crippen LogP contribution >= 0.6 is 0 Å². The Bertz CT molecular complexity index is 981. The van der Waals surface area contributed by atoms with Crippen LogP contribution in [0.3, 0.4) is 0 Å². The van der Waals surface area contributed by atoms with E-state index in [1.165, 1.54) is 38.6 Å². The Morgan fingerprint density at radius 1 is 0.542 bits per heavy atom. The molecule has 24 heavy (non-hydrogen) atoms. The number of fused-ring (bicyclic) bond motifs is 1. The smallest absolute Gasteiger partial charge is 0.0102 e. The van der Waals surface area contributed by atoms with Gasteiger partial charge >= 0.3 is 0 Å². The Morgan fingerprint density at radius 2 is 1.21 bits per heavy atom. The zero-order chi connectivity index (χ0) is 16.4. The Labute approximate surface area is 143 Å². The van der Waals surface area contributed by atoms with Crippen molar-refractivity contribution in [1.82, 2.24) is 0 Å².